The Morgan fingerprint density at radius 3 is 1.97 bits per heavy atom. The predicted octanol–water partition coefficient (Wildman–Crippen LogP) is 2.23. The van der Waals surface area contributed by atoms with Crippen molar-refractivity contribution < 1.29 is 13.2 Å². The summed E-state index contributed by atoms with van der Waals surface area (Å²) in [7, 11) is -3.62. The number of carbonyl (C=O) groups is 1. The van der Waals surface area contributed by atoms with E-state index in [4.69, 9.17) is 5.73 Å². The van der Waals surface area contributed by atoms with Crippen molar-refractivity contribution in [3.63, 3.8) is 0 Å². The summed E-state index contributed by atoms with van der Waals surface area (Å²) in [4.78, 5) is 18.3. The van der Waals surface area contributed by atoms with Gasteiger partial charge in [0.05, 0.1) is 10.5 Å². The smallest absolute Gasteiger partial charge is 0.252 e. The molecule has 1 aromatic heterocycles. The van der Waals surface area contributed by atoms with Gasteiger partial charge in [0, 0.05) is 32.4 Å². The van der Waals surface area contributed by atoms with E-state index in [1.165, 1.54) is 4.31 Å². The van der Waals surface area contributed by atoms with E-state index < -0.39 is 15.9 Å². The third-order valence-corrected chi connectivity index (χ3v) is 8.29. The summed E-state index contributed by atoms with van der Waals surface area (Å²) in [5.74, 6) is -0.0357. The predicted molar refractivity (Wildman–Crippen MR) is 114 cm³/mol. The molecule has 156 valence electrons. The zero-order chi connectivity index (χ0) is 21.5. The first-order chi connectivity index (χ1) is 13.6. The summed E-state index contributed by atoms with van der Waals surface area (Å²) >= 11 is 0. The van der Waals surface area contributed by atoms with Gasteiger partial charge < -0.3 is 10.6 Å². The van der Waals surface area contributed by atoms with Crippen molar-refractivity contribution in [3.05, 3.63) is 51.7 Å². The van der Waals surface area contributed by atoms with Gasteiger partial charge in [-0.15, -0.1) is 0 Å². The Bertz CT molecular complexity index is 1040. The van der Waals surface area contributed by atoms with Gasteiger partial charge in [-0.1, -0.05) is 0 Å². The first-order valence-electron chi connectivity index (χ1n) is 9.64. The maximum atomic E-state index is 13.5. The van der Waals surface area contributed by atoms with E-state index in [9.17, 15) is 13.2 Å². The van der Waals surface area contributed by atoms with Crippen molar-refractivity contribution >= 4 is 21.7 Å². The zero-order valence-electron chi connectivity index (χ0n) is 17.6. The molecule has 8 heteroatoms. The number of carbonyl (C=O) groups excluding carboxylic acids is 1. The molecule has 7 nitrogen and oxygen atoms in total. The lowest BCUT2D eigenvalue weighted by Gasteiger charge is -2.36. The lowest BCUT2D eigenvalue weighted by atomic mass is 9.95. The molecule has 0 bridgehead atoms. The molecule has 1 fully saturated rings. The molecule has 0 radical (unpaired) electrons. The zero-order valence-corrected chi connectivity index (χ0v) is 18.4. The van der Waals surface area contributed by atoms with Gasteiger partial charge in [0.1, 0.15) is 5.82 Å². The first-order valence-corrected chi connectivity index (χ1v) is 11.1. The van der Waals surface area contributed by atoms with E-state index in [-0.39, 0.29) is 0 Å². The Kier molecular flexibility index (Phi) is 5.69. The number of hydrogen-bond acceptors (Lipinski definition) is 5. The molecule has 29 heavy (non-hydrogen) atoms. The average Bonchev–Trinajstić information content (AvgIpc) is 2.71. The number of benzene rings is 1. The van der Waals surface area contributed by atoms with Crippen LogP contribution in [0.3, 0.4) is 0 Å². The Morgan fingerprint density at radius 1 is 0.931 bits per heavy atom. The van der Waals surface area contributed by atoms with Crippen LogP contribution in [0.2, 0.25) is 0 Å². The summed E-state index contributed by atoms with van der Waals surface area (Å²) in [6.45, 7) is 11.3. The minimum Gasteiger partial charge on any atom is -0.365 e. The van der Waals surface area contributed by atoms with Crippen LogP contribution in [0.25, 0.3) is 0 Å². The van der Waals surface area contributed by atoms with Crippen molar-refractivity contribution in [3.8, 4) is 0 Å². The van der Waals surface area contributed by atoms with E-state index in [0.29, 0.717) is 42.5 Å². The number of hydrogen-bond donors (Lipinski definition) is 1. The number of pyridine rings is 1. The van der Waals surface area contributed by atoms with Crippen LogP contribution in [0.15, 0.2) is 23.2 Å². The highest BCUT2D eigenvalue weighted by molar-refractivity contribution is 7.89. The molecule has 0 aliphatic carbocycles. The van der Waals surface area contributed by atoms with Crippen LogP contribution in [-0.2, 0) is 10.0 Å². The molecule has 2 aromatic rings. The standard InChI is InChI=1S/C21H28N4O3S/c1-13-14(2)16(4)19(17(5)15(13)3)29(27,28)25-11-9-24(10-12-25)21-18(20(22)26)7-6-8-23-21/h6-8H,9-12H2,1-5H3,(H2,22,26). The number of sulfonamides is 1. The van der Waals surface area contributed by atoms with Crippen LogP contribution in [0.4, 0.5) is 5.82 Å². The van der Waals surface area contributed by atoms with E-state index in [1.807, 2.05) is 39.5 Å². The number of aromatic nitrogens is 1. The fourth-order valence-electron chi connectivity index (χ4n) is 3.96. The fourth-order valence-corrected chi connectivity index (χ4v) is 5.95. The Labute approximate surface area is 172 Å². The van der Waals surface area contributed by atoms with Crippen LogP contribution >= 0.6 is 0 Å². The van der Waals surface area contributed by atoms with Crippen LogP contribution in [0, 0.1) is 34.6 Å². The molecule has 0 unspecified atom stereocenters. The maximum Gasteiger partial charge on any atom is 0.252 e. The Morgan fingerprint density at radius 2 is 1.45 bits per heavy atom. The number of rotatable bonds is 4. The second-order valence-electron chi connectivity index (χ2n) is 7.58. The van der Waals surface area contributed by atoms with Crippen LogP contribution in [0.1, 0.15) is 38.2 Å². The Balaban J connectivity index is 1.90. The van der Waals surface area contributed by atoms with Gasteiger partial charge in [-0.05, 0) is 74.6 Å². The van der Waals surface area contributed by atoms with Gasteiger partial charge in [-0.25, -0.2) is 13.4 Å². The summed E-state index contributed by atoms with van der Waals surface area (Å²) in [5, 5.41) is 0. The van der Waals surface area contributed by atoms with E-state index >= 15 is 0 Å². The van der Waals surface area contributed by atoms with Crippen molar-refractivity contribution in [2.45, 2.75) is 39.5 Å². The number of primary amides is 1. The second-order valence-corrected chi connectivity index (χ2v) is 9.46. The quantitative estimate of drug-likeness (QED) is 0.824. The molecule has 0 spiro atoms. The number of nitrogens with two attached hydrogens (primary N) is 1. The molecule has 1 amide bonds. The molecule has 0 saturated carbocycles. The summed E-state index contributed by atoms with van der Waals surface area (Å²) in [5.41, 5.74) is 10.6. The molecule has 1 saturated heterocycles. The van der Waals surface area contributed by atoms with Crippen molar-refractivity contribution in [1.29, 1.82) is 0 Å². The lowest BCUT2D eigenvalue weighted by Crippen LogP contribution is -2.49. The lowest BCUT2D eigenvalue weighted by molar-refractivity contribution is 0.1000. The van der Waals surface area contributed by atoms with E-state index in [1.54, 1.807) is 18.3 Å². The topological polar surface area (TPSA) is 96.6 Å². The van der Waals surface area contributed by atoms with Crippen LogP contribution in [-0.4, -0.2) is 49.8 Å². The molecule has 2 heterocycles. The van der Waals surface area contributed by atoms with Gasteiger partial charge in [0.2, 0.25) is 10.0 Å². The maximum absolute atomic E-state index is 13.5. The second kappa shape index (κ2) is 7.76. The van der Waals surface area contributed by atoms with E-state index in [2.05, 4.69) is 4.98 Å². The third-order valence-electron chi connectivity index (χ3n) is 6.12. The third kappa shape index (κ3) is 3.62. The molecular formula is C21H28N4O3S. The van der Waals surface area contributed by atoms with Gasteiger partial charge in [-0.3, -0.25) is 4.79 Å². The average molecular weight is 417 g/mol. The number of anilines is 1. The monoisotopic (exact) mass is 416 g/mol. The van der Waals surface area contributed by atoms with Crippen molar-refractivity contribution in [1.82, 2.24) is 9.29 Å². The minimum absolute atomic E-state index is 0.321. The highest BCUT2D eigenvalue weighted by Crippen LogP contribution is 2.32. The van der Waals surface area contributed by atoms with Gasteiger partial charge in [0.15, 0.2) is 0 Å². The Hall–Kier alpha value is -2.45. The van der Waals surface area contributed by atoms with E-state index in [0.717, 1.165) is 27.8 Å². The summed E-state index contributed by atoms with van der Waals surface area (Å²) in [6.07, 6.45) is 1.61. The molecule has 1 aliphatic rings. The van der Waals surface area contributed by atoms with Crippen molar-refractivity contribution in [2.75, 3.05) is 31.1 Å². The molecule has 1 aromatic carbocycles. The number of nitrogens with zero attached hydrogens (tertiary/aromatic N) is 3. The first kappa shape index (κ1) is 21.3. The molecule has 1 aliphatic heterocycles. The van der Waals surface area contributed by atoms with Crippen LogP contribution < -0.4 is 10.6 Å². The molecular weight excluding hydrogens is 388 g/mol. The van der Waals surface area contributed by atoms with Gasteiger partial charge in [-0.2, -0.15) is 4.31 Å². The van der Waals surface area contributed by atoms with Gasteiger partial charge >= 0.3 is 0 Å². The SMILES string of the molecule is Cc1c(C)c(C)c(S(=O)(=O)N2CCN(c3ncccc3C(N)=O)CC2)c(C)c1C. The number of amides is 1. The van der Waals surface area contributed by atoms with Crippen molar-refractivity contribution in [2.24, 2.45) is 5.73 Å². The molecule has 3 rings (SSSR count). The van der Waals surface area contributed by atoms with Crippen LogP contribution in [0.5, 0.6) is 0 Å². The minimum atomic E-state index is -3.62. The highest BCUT2D eigenvalue weighted by Gasteiger charge is 2.33. The summed E-state index contributed by atoms with van der Waals surface area (Å²) in [6, 6.07) is 3.30. The summed E-state index contributed by atoms with van der Waals surface area (Å²) < 4.78 is 28.5. The highest BCUT2D eigenvalue weighted by atomic mass is 32.2. The number of piperazine rings is 1. The molecule has 2 N–H and O–H groups in total. The normalized spacial score (nSPS) is 15.6. The fraction of sp³-hybridized carbons (Fsp3) is 0.429. The van der Waals surface area contributed by atoms with Gasteiger partial charge in [0.25, 0.3) is 5.91 Å². The largest absolute Gasteiger partial charge is 0.365 e. The molecule has 0 atom stereocenters.